The molecule has 24 nitrogen and oxygen atoms in total. The Kier molecular flexibility index (Phi) is 40.2. The molecule has 0 radical (unpaired) electrons. The minimum Gasteiger partial charge on any atom is -0.462 e. The van der Waals surface area contributed by atoms with Crippen molar-refractivity contribution in [2.75, 3.05) is 26.4 Å². The van der Waals surface area contributed by atoms with Gasteiger partial charge in [-0.1, -0.05) is 181 Å². The minimum absolute atomic E-state index is 0.0502. The van der Waals surface area contributed by atoms with Crippen LogP contribution >= 0.6 is 7.82 Å². The van der Waals surface area contributed by atoms with Crippen molar-refractivity contribution in [2.45, 2.75) is 311 Å². The summed E-state index contributed by atoms with van der Waals surface area (Å²) in [6.45, 7) is 4.29. The molecule has 1 aliphatic carbocycles. The molecule has 2 saturated heterocycles. The summed E-state index contributed by atoms with van der Waals surface area (Å²) >= 11 is 0. The first-order chi connectivity index (χ1) is 38.6. The summed E-state index contributed by atoms with van der Waals surface area (Å²) in [6.07, 6.45) is 0.947. The zero-order chi connectivity index (χ0) is 60.3. The third-order valence-corrected chi connectivity index (χ3v) is 15.9. The van der Waals surface area contributed by atoms with E-state index in [1.807, 2.05) is 0 Å². The molecule has 2 heterocycles. The van der Waals surface area contributed by atoms with Gasteiger partial charge >= 0.3 is 19.8 Å². The number of aliphatic hydroxyl groups is 12. The van der Waals surface area contributed by atoms with E-state index in [9.17, 15) is 59.7 Å². The van der Waals surface area contributed by atoms with Gasteiger partial charge < -0.3 is 99.5 Å². The lowest BCUT2D eigenvalue weighted by Crippen LogP contribution is -2.68. The number of unbranched alkanes of at least 4 members (excludes halogenated alkanes) is 22. The van der Waals surface area contributed by atoms with Gasteiger partial charge in [0, 0.05) is 12.8 Å². The molecule has 4 unspecified atom stereocenters. The number of phosphoric ester groups is 1. The Hall–Kier alpha value is -1.59. The molecule has 18 atom stereocenters. The van der Waals surface area contributed by atoms with Crippen LogP contribution in [0.2, 0.25) is 0 Å². The molecule has 25 heteroatoms. The maximum absolute atomic E-state index is 13.2. The largest absolute Gasteiger partial charge is 0.470 e. The van der Waals surface area contributed by atoms with Gasteiger partial charge in [-0.3, -0.25) is 14.1 Å². The van der Waals surface area contributed by atoms with Crippen LogP contribution in [0.1, 0.15) is 207 Å². The fourth-order valence-electron chi connectivity index (χ4n) is 10.2. The number of carbonyl (C=O) groups is 2. The van der Waals surface area contributed by atoms with Crippen LogP contribution in [-0.4, -0.2) is 214 Å². The van der Waals surface area contributed by atoms with Crippen LogP contribution in [0, 0.1) is 5.92 Å². The van der Waals surface area contributed by atoms with Gasteiger partial charge in [0.05, 0.1) is 19.8 Å². The lowest BCUT2D eigenvalue weighted by atomic mass is 9.84. The third kappa shape index (κ3) is 30.1. The third-order valence-electron chi connectivity index (χ3n) is 15.4. The quantitative estimate of drug-likeness (QED) is 0.0237. The average Bonchev–Trinajstić information content (AvgIpc) is 3.43. The predicted molar refractivity (Wildman–Crippen MR) is 295 cm³/mol. The second kappa shape index (κ2) is 43.1. The first kappa shape index (κ1) is 75.5. The van der Waals surface area contributed by atoms with E-state index in [1.165, 1.54) is 109 Å². The molecule has 0 aromatic rings. The monoisotopic (exact) mass is 1190 g/mol. The van der Waals surface area contributed by atoms with Crippen LogP contribution in [0.25, 0.3) is 0 Å². The van der Waals surface area contributed by atoms with E-state index in [1.54, 1.807) is 0 Å². The van der Waals surface area contributed by atoms with Crippen molar-refractivity contribution in [1.29, 1.82) is 0 Å². The molecule has 1 saturated carbocycles. The Morgan fingerprint density at radius 2 is 0.877 bits per heavy atom. The van der Waals surface area contributed by atoms with E-state index in [2.05, 4.69) is 25.5 Å². The Balaban J connectivity index is 0.00000164. The van der Waals surface area contributed by atoms with Crippen molar-refractivity contribution in [2.24, 2.45) is 5.92 Å². The molecular formula is C56H107O24P. The Morgan fingerprint density at radius 3 is 1.35 bits per heavy atom. The smallest absolute Gasteiger partial charge is 0.462 e. The second-order valence-corrected chi connectivity index (χ2v) is 23.6. The van der Waals surface area contributed by atoms with Gasteiger partial charge in [0.25, 0.3) is 0 Å². The fourth-order valence-corrected chi connectivity index (χ4v) is 10.8. The normalized spacial score (nSPS) is 30.5. The maximum atomic E-state index is 13.2. The zero-order valence-corrected chi connectivity index (χ0v) is 49.4. The SMILES string of the molecule is CCCCCCCCCCCCCCCC(=O)OCC(CO[C@H]1C(OP(=O)(O)O)[C@H](O[C@H]2O[C@H](CO)[C@@H](O)[C@H](O)[C@@H]2O)[C@H](O)C(O)[C@@H]1O)OC(=O)CCCCCCCCC(C)CCCCCCCC.OC[C@H]1O[C@H](O)[C@@H](O)[C@@H](O)[C@@H]1O. The highest BCUT2D eigenvalue weighted by Crippen LogP contribution is 2.43. The molecule has 0 amide bonds. The molecule has 14 N–H and O–H groups in total. The van der Waals surface area contributed by atoms with Gasteiger partial charge in [-0.05, 0) is 18.8 Å². The first-order valence-corrected chi connectivity index (χ1v) is 31.8. The lowest BCUT2D eigenvalue weighted by molar-refractivity contribution is -0.340. The number of esters is 2. The van der Waals surface area contributed by atoms with Crippen molar-refractivity contribution in [3.63, 3.8) is 0 Å². The van der Waals surface area contributed by atoms with Crippen LogP contribution < -0.4 is 0 Å². The number of hydrogen-bond acceptors (Lipinski definition) is 22. The molecule has 0 aromatic carbocycles. The van der Waals surface area contributed by atoms with Crippen LogP contribution in [0.4, 0.5) is 0 Å². The van der Waals surface area contributed by atoms with Gasteiger partial charge in [-0.25, -0.2) is 4.57 Å². The first-order valence-electron chi connectivity index (χ1n) is 30.3. The Morgan fingerprint density at radius 1 is 0.469 bits per heavy atom. The van der Waals surface area contributed by atoms with E-state index >= 15 is 0 Å². The lowest BCUT2D eigenvalue weighted by Gasteiger charge is -2.48. The second-order valence-electron chi connectivity index (χ2n) is 22.5. The Labute approximate surface area is 480 Å². The van der Waals surface area contributed by atoms with Crippen LogP contribution in [0.5, 0.6) is 0 Å². The number of carbonyl (C=O) groups excluding carboxylic acids is 2. The molecule has 0 bridgehead atoms. The Bertz CT molecular complexity index is 1640. The van der Waals surface area contributed by atoms with E-state index in [-0.39, 0.29) is 12.8 Å². The highest BCUT2D eigenvalue weighted by atomic mass is 31.2. The molecule has 3 rings (SSSR count). The molecule has 3 fully saturated rings. The average molecular weight is 1200 g/mol. The van der Waals surface area contributed by atoms with E-state index in [0.717, 1.165) is 57.3 Å². The van der Waals surface area contributed by atoms with Crippen LogP contribution in [0.3, 0.4) is 0 Å². The molecule has 0 spiro atoms. The summed E-state index contributed by atoms with van der Waals surface area (Å²) < 4.78 is 49.7. The predicted octanol–water partition coefficient (Wildman–Crippen LogP) is 3.35. The summed E-state index contributed by atoms with van der Waals surface area (Å²) in [5, 5.41) is 118. The van der Waals surface area contributed by atoms with Gasteiger partial charge in [0.2, 0.25) is 0 Å². The van der Waals surface area contributed by atoms with E-state index < -0.39 is 150 Å². The number of aliphatic hydroxyl groups excluding tert-OH is 12. The van der Waals surface area contributed by atoms with Crippen molar-refractivity contribution in [1.82, 2.24) is 0 Å². The van der Waals surface area contributed by atoms with Gasteiger partial charge in [-0.15, -0.1) is 0 Å². The molecule has 480 valence electrons. The summed E-state index contributed by atoms with van der Waals surface area (Å²) in [5.74, 6) is -0.441. The number of ether oxygens (including phenoxy) is 6. The van der Waals surface area contributed by atoms with Crippen molar-refractivity contribution in [3.8, 4) is 0 Å². The highest BCUT2D eigenvalue weighted by molar-refractivity contribution is 7.46. The molecule has 3 aliphatic rings. The summed E-state index contributed by atoms with van der Waals surface area (Å²) in [6, 6.07) is 0. The van der Waals surface area contributed by atoms with Crippen LogP contribution in [0.15, 0.2) is 0 Å². The van der Waals surface area contributed by atoms with Crippen LogP contribution in [-0.2, 0) is 47.1 Å². The highest BCUT2D eigenvalue weighted by Gasteiger charge is 2.56. The van der Waals surface area contributed by atoms with Gasteiger partial charge in [0.1, 0.15) is 92.1 Å². The standard InChI is InChI=1S/C50H95O18P.C6H12O6/c1-4-6-8-10-12-13-14-15-16-17-18-23-27-31-39(52)63-34-37(65-40(53)32-28-24-20-19-22-26-30-36(3)29-25-21-11-9-7-5-2)35-64-47-44(57)43(56)45(58)48(49(47)68-69(60,61)62)67-50-46(59)42(55)41(54)38(33-51)66-50;7-1-2-3(8)4(9)5(10)6(11)12-2/h36-38,41-51,54-59H,4-35H2,1-3H3,(H2,60,61,62);2-11H,1H2/t36?,37?,38-,41-,42+,43?,44+,45-,46+,47-,48-,49?,50-;2-,3-,4+,5+,6+/m11/s1. The number of rotatable bonds is 42. The summed E-state index contributed by atoms with van der Waals surface area (Å²) in [5.41, 5.74) is 0. The molecule has 2 aliphatic heterocycles. The van der Waals surface area contributed by atoms with Crippen molar-refractivity contribution in [3.05, 3.63) is 0 Å². The minimum atomic E-state index is -5.51. The van der Waals surface area contributed by atoms with Crippen molar-refractivity contribution >= 4 is 19.8 Å². The topological polar surface area (TPSA) is 399 Å². The zero-order valence-electron chi connectivity index (χ0n) is 48.5. The van der Waals surface area contributed by atoms with Crippen molar-refractivity contribution < 1.29 is 118 Å². The summed E-state index contributed by atoms with van der Waals surface area (Å²) in [4.78, 5) is 45.8. The molecule has 81 heavy (non-hydrogen) atoms. The number of phosphoric acid groups is 1. The van der Waals surface area contributed by atoms with Gasteiger partial charge in [0.15, 0.2) is 18.7 Å². The fraction of sp³-hybridized carbons (Fsp3) is 0.964. The molecule has 0 aromatic heterocycles. The van der Waals surface area contributed by atoms with E-state index in [0.29, 0.717) is 12.8 Å². The summed E-state index contributed by atoms with van der Waals surface area (Å²) in [7, 11) is -5.51. The van der Waals surface area contributed by atoms with E-state index in [4.69, 9.17) is 53.7 Å². The van der Waals surface area contributed by atoms with Gasteiger partial charge in [-0.2, -0.15) is 0 Å². The molecular weight excluding hydrogens is 1090 g/mol. The number of hydrogen-bond donors (Lipinski definition) is 14. The maximum Gasteiger partial charge on any atom is 0.470 e.